The molecule has 0 aliphatic heterocycles. The van der Waals surface area contributed by atoms with Gasteiger partial charge in [-0.05, 0) is 0 Å². The lowest BCUT2D eigenvalue weighted by Crippen LogP contribution is -2.09. The van der Waals surface area contributed by atoms with E-state index in [1.807, 2.05) is 0 Å². The molecule has 0 saturated heterocycles. The number of H-pyrrole nitrogens is 1. The van der Waals surface area contributed by atoms with E-state index in [2.05, 4.69) is 20.3 Å². The van der Waals surface area contributed by atoms with E-state index in [0.717, 1.165) is 5.69 Å². The van der Waals surface area contributed by atoms with Crippen molar-refractivity contribution in [1.82, 2.24) is 15.0 Å². The summed E-state index contributed by atoms with van der Waals surface area (Å²) < 4.78 is 38.5. The number of nitrogens with one attached hydrogen (secondary N) is 2. The molecule has 4 nitrogen and oxygen atoms in total. The van der Waals surface area contributed by atoms with Crippen LogP contribution in [0.2, 0.25) is 0 Å². The summed E-state index contributed by atoms with van der Waals surface area (Å²) in [5.74, 6) is -3.85. The van der Waals surface area contributed by atoms with E-state index in [0.29, 0.717) is 19.0 Å². The monoisotopic (exact) mass is 242 g/mol. The van der Waals surface area contributed by atoms with Crippen molar-refractivity contribution in [2.45, 2.75) is 6.42 Å². The molecule has 2 heterocycles. The summed E-state index contributed by atoms with van der Waals surface area (Å²) in [6.45, 7) is 0.331. The number of aromatic nitrogens is 3. The Kier molecular flexibility index (Phi) is 3.27. The van der Waals surface area contributed by atoms with Gasteiger partial charge in [0.05, 0.1) is 6.33 Å². The molecule has 90 valence electrons. The second kappa shape index (κ2) is 4.86. The molecule has 2 aromatic heterocycles. The highest BCUT2D eigenvalue weighted by molar-refractivity contribution is 5.36. The van der Waals surface area contributed by atoms with Crippen LogP contribution in [-0.4, -0.2) is 21.5 Å². The minimum absolute atomic E-state index is 0.302. The Balaban J connectivity index is 1.97. The Morgan fingerprint density at radius 1 is 1.24 bits per heavy atom. The maximum absolute atomic E-state index is 13.1. The van der Waals surface area contributed by atoms with Crippen molar-refractivity contribution in [2.75, 3.05) is 11.9 Å². The zero-order valence-electron chi connectivity index (χ0n) is 8.67. The highest BCUT2D eigenvalue weighted by atomic mass is 19.2. The summed E-state index contributed by atoms with van der Waals surface area (Å²) in [4.78, 5) is 9.81. The van der Waals surface area contributed by atoms with Crippen molar-refractivity contribution in [3.63, 3.8) is 0 Å². The van der Waals surface area contributed by atoms with Gasteiger partial charge in [-0.1, -0.05) is 0 Å². The average molecular weight is 242 g/mol. The molecule has 0 radical (unpaired) electrons. The van der Waals surface area contributed by atoms with Gasteiger partial charge in [-0.2, -0.15) is 9.37 Å². The minimum atomic E-state index is -1.32. The molecule has 0 atom stereocenters. The number of imidazole rings is 1. The van der Waals surface area contributed by atoms with Gasteiger partial charge in [0, 0.05) is 30.9 Å². The summed E-state index contributed by atoms with van der Waals surface area (Å²) >= 11 is 0. The van der Waals surface area contributed by atoms with Gasteiger partial charge in [0.15, 0.2) is 17.5 Å². The lowest BCUT2D eigenvalue weighted by atomic mass is 10.3. The average Bonchev–Trinajstić information content (AvgIpc) is 2.78. The van der Waals surface area contributed by atoms with E-state index in [-0.39, 0.29) is 5.82 Å². The van der Waals surface area contributed by atoms with Crippen LogP contribution in [-0.2, 0) is 6.42 Å². The van der Waals surface area contributed by atoms with E-state index in [1.165, 1.54) is 6.33 Å². The highest BCUT2D eigenvalue weighted by Gasteiger charge is 2.10. The lowest BCUT2D eigenvalue weighted by Gasteiger charge is -2.05. The van der Waals surface area contributed by atoms with Gasteiger partial charge in [-0.15, -0.1) is 0 Å². The molecule has 17 heavy (non-hydrogen) atoms. The van der Waals surface area contributed by atoms with Crippen LogP contribution < -0.4 is 5.32 Å². The number of pyridine rings is 1. The molecule has 2 rings (SSSR count). The van der Waals surface area contributed by atoms with Crippen LogP contribution in [0.5, 0.6) is 0 Å². The molecule has 2 N–H and O–H groups in total. The standard InChI is InChI=1S/C10H9F3N4/c11-7-3-8(12)10(17-9(7)13)15-2-1-6-4-14-5-16-6/h3-5H,1-2H2,(H,14,16)(H,15,17). The third-order valence-electron chi connectivity index (χ3n) is 2.13. The Morgan fingerprint density at radius 2 is 2.06 bits per heavy atom. The minimum Gasteiger partial charge on any atom is -0.367 e. The van der Waals surface area contributed by atoms with E-state index in [1.54, 1.807) is 6.20 Å². The van der Waals surface area contributed by atoms with E-state index < -0.39 is 17.6 Å². The van der Waals surface area contributed by atoms with Gasteiger partial charge < -0.3 is 10.3 Å². The number of anilines is 1. The summed E-state index contributed by atoms with van der Waals surface area (Å²) in [5, 5.41) is 2.58. The summed E-state index contributed by atoms with van der Waals surface area (Å²) in [7, 11) is 0. The molecular formula is C10H9F3N4. The molecule has 0 aliphatic rings. The largest absolute Gasteiger partial charge is 0.367 e. The van der Waals surface area contributed by atoms with Gasteiger partial charge >= 0.3 is 0 Å². The molecule has 0 saturated carbocycles. The fourth-order valence-electron chi connectivity index (χ4n) is 1.31. The lowest BCUT2D eigenvalue weighted by molar-refractivity contribution is 0.466. The number of rotatable bonds is 4. The first-order chi connectivity index (χ1) is 8.16. The number of hydrogen-bond acceptors (Lipinski definition) is 3. The Hall–Kier alpha value is -2.05. The molecule has 2 aromatic rings. The van der Waals surface area contributed by atoms with Crippen LogP contribution in [0.25, 0.3) is 0 Å². The smallest absolute Gasteiger partial charge is 0.251 e. The fraction of sp³-hybridized carbons (Fsp3) is 0.200. The van der Waals surface area contributed by atoms with E-state index in [9.17, 15) is 13.2 Å². The second-order valence-corrected chi connectivity index (χ2v) is 3.35. The zero-order valence-corrected chi connectivity index (χ0v) is 8.67. The quantitative estimate of drug-likeness (QED) is 0.805. The van der Waals surface area contributed by atoms with Crippen LogP contribution in [0.15, 0.2) is 18.6 Å². The van der Waals surface area contributed by atoms with E-state index >= 15 is 0 Å². The topological polar surface area (TPSA) is 53.6 Å². The van der Waals surface area contributed by atoms with Crippen molar-refractivity contribution >= 4 is 5.82 Å². The fourth-order valence-corrected chi connectivity index (χ4v) is 1.31. The van der Waals surface area contributed by atoms with Gasteiger partial charge in [0.1, 0.15) is 0 Å². The van der Waals surface area contributed by atoms with Crippen LogP contribution >= 0.6 is 0 Å². The molecule has 0 fully saturated rings. The summed E-state index contributed by atoms with van der Waals surface area (Å²) in [6, 6.07) is 0.459. The molecule has 0 spiro atoms. The maximum Gasteiger partial charge on any atom is 0.251 e. The highest BCUT2D eigenvalue weighted by Crippen LogP contribution is 2.14. The Morgan fingerprint density at radius 3 is 2.76 bits per heavy atom. The third kappa shape index (κ3) is 2.74. The van der Waals surface area contributed by atoms with Gasteiger partial charge in [0.25, 0.3) is 5.95 Å². The molecule has 0 aromatic carbocycles. The zero-order chi connectivity index (χ0) is 12.3. The molecule has 0 aliphatic carbocycles. The predicted molar refractivity (Wildman–Crippen MR) is 54.9 cm³/mol. The number of hydrogen-bond donors (Lipinski definition) is 2. The van der Waals surface area contributed by atoms with Crippen molar-refractivity contribution in [1.29, 1.82) is 0 Å². The first kappa shape index (κ1) is 11.4. The number of nitrogens with zero attached hydrogens (tertiary/aromatic N) is 2. The van der Waals surface area contributed by atoms with Crippen LogP contribution in [0.4, 0.5) is 19.0 Å². The van der Waals surface area contributed by atoms with Crippen molar-refractivity contribution in [2.24, 2.45) is 0 Å². The van der Waals surface area contributed by atoms with Gasteiger partial charge in [-0.3, -0.25) is 0 Å². The van der Waals surface area contributed by atoms with Crippen molar-refractivity contribution < 1.29 is 13.2 Å². The first-order valence-electron chi connectivity index (χ1n) is 4.89. The van der Waals surface area contributed by atoms with Crippen LogP contribution in [0.1, 0.15) is 5.69 Å². The molecule has 0 unspecified atom stereocenters. The maximum atomic E-state index is 13.1. The molecule has 0 amide bonds. The van der Waals surface area contributed by atoms with Crippen molar-refractivity contribution in [3.8, 4) is 0 Å². The van der Waals surface area contributed by atoms with Crippen LogP contribution in [0, 0.1) is 17.6 Å². The Bertz CT molecular complexity index is 499. The third-order valence-corrected chi connectivity index (χ3v) is 2.13. The summed E-state index contributed by atoms with van der Waals surface area (Å²) in [5.41, 5.74) is 0.848. The molecule has 0 bridgehead atoms. The van der Waals surface area contributed by atoms with Gasteiger partial charge in [0.2, 0.25) is 0 Å². The summed E-state index contributed by atoms with van der Waals surface area (Å²) in [6.07, 6.45) is 3.68. The first-order valence-corrected chi connectivity index (χ1v) is 4.89. The molecule has 7 heteroatoms. The number of halogens is 3. The van der Waals surface area contributed by atoms with E-state index in [4.69, 9.17) is 0 Å². The van der Waals surface area contributed by atoms with Crippen molar-refractivity contribution in [3.05, 3.63) is 41.9 Å². The normalized spacial score (nSPS) is 10.5. The SMILES string of the molecule is Fc1cc(F)c(NCCc2cnc[nH]2)nc1F. The molecular weight excluding hydrogens is 233 g/mol. The Labute approximate surface area is 94.9 Å². The van der Waals surface area contributed by atoms with Crippen LogP contribution in [0.3, 0.4) is 0 Å². The van der Waals surface area contributed by atoms with Gasteiger partial charge in [-0.25, -0.2) is 13.8 Å². The predicted octanol–water partition coefficient (Wildman–Crippen LogP) is 1.88. The second-order valence-electron chi connectivity index (χ2n) is 3.35. The number of aromatic amines is 1.